The van der Waals surface area contributed by atoms with E-state index in [1.165, 1.54) is 12.1 Å². The standard InChI is InChI=1S/C32H31ClF4N4O2S/c1-22(30-26(33)8-4-9-27(30)34)18-23-10-11-28-29(19-23)41(44(42,43)25-7-3-6-24(20-25)32(35,36)37)17-16-40(28)15-14-39(2)31(21-38)12-5-13-31/h3-4,6-11,18-20H,5,12-17H2,1-2H3/b22-18+. The number of hydrogen-bond acceptors (Lipinski definition) is 5. The van der Waals surface area contributed by atoms with Gasteiger partial charge >= 0.3 is 6.18 Å². The highest BCUT2D eigenvalue weighted by Gasteiger charge is 2.41. The molecule has 0 atom stereocenters. The average molecular weight is 647 g/mol. The maximum Gasteiger partial charge on any atom is 0.416 e. The number of nitriles is 1. The molecular weight excluding hydrogens is 616 g/mol. The summed E-state index contributed by atoms with van der Waals surface area (Å²) in [5, 5.41) is 9.96. The molecule has 0 radical (unpaired) electrons. The Morgan fingerprint density at radius 3 is 2.45 bits per heavy atom. The van der Waals surface area contributed by atoms with Gasteiger partial charge in [-0.2, -0.15) is 18.4 Å². The van der Waals surface area contributed by atoms with Crippen LogP contribution in [0.3, 0.4) is 0 Å². The van der Waals surface area contributed by atoms with Crippen molar-refractivity contribution in [3.63, 3.8) is 0 Å². The monoisotopic (exact) mass is 646 g/mol. The van der Waals surface area contributed by atoms with Gasteiger partial charge in [0.25, 0.3) is 10.0 Å². The predicted molar refractivity (Wildman–Crippen MR) is 164 cm³/mol. The summed E-state index contributed by atoms with van der Waals surface area (Å²) in [5.74, 6) is -0.505. The van der Waals surface area contributed by atoms with Crippen molar-refractivity contribution in [1.82, 2.24) is 4.90 Å². The van der Waals surface area contributed by atoms with Crippen LogP contribution in [0.5, 0.6) is 0 Å². The number of nitrogens with zero attached hydrogens (tertiary/aromatic N) is 4. The molecular formula is C32H31ClF4N4O2S. The van der Waals surface area contributed by atoms with Gasteiger partial charge in [-0.1, -0.05) is 35.9 Å². The third-order valence-corrected chi connectivity index (χ3v) is 10.6. The third-order valence-electron chi connectivity index (χ3n) is 8.50. The maximum atomic E-state index is 14.6. The lowest BCUT2D eigenvalue weighted by atomic mass is 9.77. The molecule has 12 heteroatoms. The number of sulfonamides is 1. The van der Waals surface area contributed by atoms with Crippen molar-refractivity contribution >= 4 is 44.6 Å². The molecule has 0 N–H and O–H groups in total. The van der Waals surface area contributed by atoms with Gasteiger partial charge in [0.1, 0.15) is 11.4 Å². The van der Waals surface area contributed by atoms with Crippen molar-refractivity contribution in [2.75, 3.05) is 42.4 Å². The molecule has 2 aliphatic rings. The van der Waals surface area contributed by atoms with Gasteiger partial charge in [-0.15, -0.1) is 0 Å². The number of halogens is 5. The number of allylic oxidation sites excluding steroid dienone is 1. The fourth-order valence-corrected chi connectivity index (χ4v) is 7.58. The highest BCUT2D eigenvalue weighted by molar-refractivity contribution is 7.92. The Hall–Kier alpha value is -3.59. The van der Waals surface area contributed by atoms with Gasteiger partial charge in [0.15, 0.2) is 0 Å². The molecule has 1 fully saturated rings. The van der Waals surface area contributed by atoms with Crippen LogP contribution in [0.25, 0.3) is 11.6 Å². The van der Waals surface area contributed by atoms with Gasteiger partial charge in [0.05, 0.1) is 39.5 Å². The smallest absolute Gasteiger partial charge is 0.367 e. The molecule has 1 aliphatic heterocycles. The normalized spacial score (nSPS) is 16.8. The molecule has 6 nitrogen and oxygen atoms in total. The summed E-state index contributed by atoms with van der Waals surface area (Å²) in [5.41, 5.74) is 0.593. The lowest BCUT2D eigenvalue weighted by Gasteiger charge is -2.44. The molecule has 0 bridgehead atoms. The SMILES string of the molecule is C/C(=C\c1ccc2c(c1)N(S(=O)(=O)c1cccc(C(F)(F)F)c1)CCN2CCN(C)C1(C#N)CCC1)c1c(F)cccc1Cl. The number of alkyl halides is 3. The van der Waals surface area contributed by atoms with E-state index in [2.05, 4.69) is 6.07 Å². The molecule has 232 valence electrons. The Morgan fingerprint density at radius 1 is 1.09 bits per heavy atom. The number of hydrogen-bond donors (Lipinski definition) is 0. The zero-order valence-corrected chi connectivity index (χ0v) is 25.8. The lowest BCUT2D eigenvalue weighted by Crippen LogP contribution is -2.53. The minimum Gasteiger partial charge on any atom is -0.367 e. The van der Waals surface area contributed by atoms with E-state index in [9.17, 15) is 31.2 Å². The second kappa shape index (κ2) is 12.1. The van der Waals surface area contributed by atoms with Gasteiger partial charge < -0.3 is 4.90 Å². The van der Waals surface area contributed by atoms with E-state index in [0.29, 0.717) is 36.0 Å². The minimum absolute atomic E-state index is 0.00994. The van der Waals surface area contributed by atoms with Crippen LogP contribution in [-0.2, 0) is 16.2 Å². The van der Waals surface area contributed by atoms with E-state index < -0.39 is 38.0 Å². The number of fused-ring (bicyclic) bond motifs is 1. The summed E-state index contributed by atoms with van der Waals surface area (Å²) in [7, 11) is -2.49. The summed E-state index contributed by atoms with van der Waals surface area (Å²) >= 11 is 6.26. The van der Waals surface area contributed by atoms with Crippen LogP contribution in [0, 0.1) is 17.1 Å². The summed E-state index contributed by atoms with van der Waals surface area (Å²) in [6.45, 7) is 3.03. The number of likely N-dealkylation sites (N-methyl/N-ethyl adjacent to an activating group) is 1. The first kappa shape index (κ1) is 31.8. The zero-order valence-electron chi connectivity index (χ0n) is 24.2. The van der Waals surface area contributed by atoms with Crippen LogP contribution in [0.4, 0.5) is 28.9 Å². The number of rotatable bonds is 8. The van der Waals surface area contributed by atoms with Gasteiger partial charge in [0.2, 0.25) is 0 Å². The Kier molecular flexibility index (Phi) is 8.73. The Balaban J connectivity index is 1.54. The molecule has 3 aromatic carbocycles. The van der Waals surface area contributed by atoms with Crippen LogP contribution in [0.2, 0.25) is 5.02 Å². The second-order valence-electron chi connectivity index (χ2n) is 11.2. The van der Waals surface area contributed by atoms with Crippen LogP contribution in [0.1, 0.15) is 42.9 Å². The first-order valence-electron chi connectivity index (χ1n) is 14.1. The average Bonchev–Trinajstić information content (AvgIpc) is 2.95. The molecule has 1 saturated carbocycles. The quantitative estimate of drug-likeness (QED) is 0.188. The van der Waals surface area contributed by atoms with Gasteiger partial charge in [-0.25, -0.2) is 12.8 Å². The van der Waals surface area contributed by atoms with E-state index >= 15 is 0 Å². The maximum absolute atomic E-state index is 14.6. The molecule has 0 unspecified atom stereocenters. The molecule has 1 aliphatic carbocycles. The lowest BCUT2D eigenvalue weighted by molar-refractivity contribution is -0.137. The van der Waals surface area contributed by atoms with Crippen LogP contribution >= 0.6 is 11.6 Å². The van der Waals surface area contributed by atoms with Crippen molar-refractivity contribution in [3.05, 3.63) is 88.2 Å². The van der Waals surface area contributed by atoms with E-state index in [-0.39, 0.29) is 29.4 Å². The first-order valence-corrected chi connectivity index (χ1v) is 15.9. The van der Waals surface area contributed by atoms with E-state index in [0.717, 1.165) is 41.8 Å². The van der Waals surface area contributed by atoms with Crippen molar-refractivity contribution in [2.45, 2.75) is 42.8 Å². The molecule has 3 aromatic rings. The molecule has 1 heterocycles. The fraction of sp³-hybridized carbons (Fsp3) is 0.344. The molecule has 0 aromatic heterocycles. The number of anilines is 2. The Bertz CT molecular complexity index is 1730. The first-order chi connectivity index (χ1) is 20.8. The molecule has 0 saturated heterocycles. The summed E-state index contributed by atoms with van der Waals surface area (Å²) in [6.07, 6.45) is -0.458. The van der Waals surface area contributed by atoms with Crippen molar-refractivity contribution in [2.24, 2.45) is 0 Å². The highest BCUT2D eigenvalue weighted by atomic mass is 35.5. The molecule has 44 heavy (non-hydrogen) atoms. The summed E-state index contributed by atoms with van der Waals surface area (Å²) < 4.78 is 83.9. The van der Waals surface area contributed by atoms with Crippen molar-refractivity contribution in [1.29, 1.82) is 5.26 Å². The zero-order chi connectivity index (χ0) is 31.9. The molecule has 0 spiro atoms. The molecule has 5 rings (SSSR count). The van der Waals surface area contributed by atoms with Crippen molar-refractivity contribution in [3.8, 4) is 6.07 Å². The summed E-state index contributed by atoms with van der Waals surface area (Å²) in [6, 6.07) is 15.7. The van der Waals surface area contributed by atoms with E-state index in [4.69, 9.17) is 11.6 Å². The number of benzene rings is 3. The fourth-order valence-electron chi connectivity index (χ4n) is 5.76. The minimum atomic E-state index is -4.71. The molecule has 0 amide bonds. The van der Waals surface area contributed by atoms with Crippen LogP contribution in [0.15, 0.2) is 65.6 Å². The summed E-state index contributed by atoms with van der Waals surface area (Å²) in [4.78, 5) is 3.57. The second-order valence-corrected chi connectivity index (χ2v) is 13.4. The Labute approximate surface area is 259 Å². The van der Waals surface area contributed by atoms with Gasteiger partial charge in [0, 0.05) is 25.2 Å². The largest absolute Gasteiger partial charge is 0.416 e. The van der Waals surface area contributed by atoms with Crippen molar-refractivity contribution < 1.29 is 26.0 Å². The predicted octanol–water partition coefficient (Wildman–Crippen LogP) is 7.45. The van der Waals surface area contributed by atoms with E-state index in [1.54, 1.807) is 37.3 Å². The van der Waals surface area contributed by atoms with Gasteiger partial charge in [-0.05, 0) is 86.8 Å². The Morgan fingerprint density at radius 2 is 1.82 bits per heavy atom. The third kappa shape index (κ3) is 6.03. The highest BCUT2D eigenvalue weighted by Crippen LogP contribution is 2.40. The van der Waals surface area contributed by atoms with Crippen LogP contribution in [-0.4, -0.2) is 52.1 Å². The van der Waals surface area contributed by atoms with Crippen LogP contribution < -0.4 is 9.21 Å². The van der Waals surface area contributed by atoms with E-state index in [1.807, 2.05) is 16.8 Å². The topological polar surface area (TPSA) is 67.7 Å². The van der Waals surface area contributed by atoms with Gasteiger partial charge in [-0.3, -0.25) is 9.21 Å².